The van der Waals surface area contributed by atoms with Gasteiger partial charge in [-0.1, -0.05) is 44.0 Å². The number of aliphatic hydroxyl groups is 1. The van der Waals surface area contributed by atoms with Crippen molar-refractivity contribution in [1.82, 2.24) is 0 Å². The van der Waals surface area contributed by atoms with E-state index in [-0.39, 0.29) is 28.0 Å². The van der Waals surface area contributed by atoms with E-state index < -0.39 is 12.1 Å². The number of carbonyl (C=O) groups is 1. The van der Waals surface area contributed by atoms with E-state index in [4.69, 9.17) is 27.9 Å². The number of hydrogen-bond donors (Lipinski definition) is 1. The van der Waals surface area contributed by atoms with Gasteiger partial charge in [0.2, 0.25) is 0 Å². The second-order valence-electron chi connectivity index (χ2n) is 6.18. The lowest BCUT2D eigenvalue weighted by Crippen LogP contribution is -2.28. The van der Waals surface area contributed by atoms with Crippen molar-refractivity contribution in [2.45, 2.75) is 33.3 Å². The number of ether oxygens (including phenoxy) is 2. The molecule has 0 amide bonds. The second-order valence-corrected chi connectivity index (χ2v) is 6.94. The number of halogens is 2. The van der Waals surface area contributed by atoms with E-state index in [1.54, 1.807) is 6.07 Å². The number of carbonyl (C=O) groups excluding carboxylic acids is 1. The molecule has 1 aromatic carbocycles. The Kier molecular flexibility index (Phi) is 4.95. The molecule has 0 bridgehead atoms. The fraction of sp³-hybridized carbons (Fsp3) is 0.562. The fourth-order valence-electron chi connectivity index (χ4n) is 2.77. The predicted molar refractivity (Wildman–Crippen MR) is 85.6 cm³/mol. The first-order valence-electron chi connectivity index (χ1n) is 7.10. The molecule has 22 heavy (non-hydrogen) atoms. The Morgan fingerprint density at radius 3 is 2.64 bits per heavy atom. The molecule has 0 spiro atoms. The highest BCUT2D eigenvalue weighted by Gasteiger charge is 2.45. The molecule has 0 saturated carbocycles. The van der Waals surface area contributed by atoms with Crippen molar-refractivity contribution < 1.29 is 19.4 Å². The van der Waals surface area contributed by atoms with Crippen molar-refractivity contribution in [2.24, 2.45) is 11.3 Å². The summed E-state index contributed by atoms with van der Waals surface area (Å²) in [6.07, 6.45) is -0.00530. The Bertz CT molecular complexity index is 600. The third kappa shape index (κ3) is 2.80. The van der Waals surface area contributed by atoms with Gasteiger partial charge in [0.05, 0.1) is 18.2 Å². The maximum Gasteiger partial charge on any atom is 0.343 e. The summed E-state index contributed by atoms with van der Waals surface area (Å²) >= 11 is 12.6. The Morgan fingerprint density at radius 1 is 1.45 bits per heavy atom. The van der Waals surface area contributed by atoms with Gasteiger partial charge in [-0.05, 0) is 24.0 Å². The Hall–Kier alpha value is -0.970. The summed E-state index contributed by atoms with van der Waals surface area (Å²) in [5.41, 5.74) is 1.25. The van der Waals surface area contributed by atoms with E-state index in [1.165, 1.54) is 7.11 Å². The van der Waals surface area contributed by atoms with E-state index in [1.807, 2.05) is 6.92 Å². The Balaban J connectivity index is 2.39. The normalized spacial score (nSPS) is 23.5. The highest BCUT2D eigenvalue weighted by molar-refractivity contribution is 6.43. The average molecular weight is 347 g/mol. The van der Waals surface area contributed by atoms with Crippen LogP contribution in [0.1, 0.15) is 38.0 Å². The lowest BCUT2D eigenvalue weighted by molar-refractivity contribution is -0.142. The number of rotatable bonds is 4. The molecule has 1 aliphatic rings. The zero-order valence-electron chi connectivity index (χ0n) is 13.1. The first-order chi connectivity index (χ1) is 10.2. The van der Waals surface area contributed by atoms with Crippen LogP contribution in [-0.2, 0) is 16.0 Å². The van der Waals surface area contributed by atoms with Crippen LogP contribution in [0.4, 0.5) is 0 Å². The van der Waals surface area contributed by atoms with Crippen molar-refractivity contribution in [3.05, 3.63) is 27.2 Å². The van der Waals surface area contributed by atoms with Gasteiger partial charge in [0.25, 0.3) is 0 Å². The summed E-state index contributed by atoms with van der Waals surface area (Å²) in [5.74, 6) is 0.0972. The van der Waals surface area contributed by atoms with E-state index >= 15 is 0 Å². The molecular weight excluding hydrogens is 327 g/mol. The van der Waals surface area contributed by atoms with Gasteiger partial charge >= 0.3 is 5.97 Å². The van der Waals surface area contributed by atoms with Crippen LogP contribution in [0.2, 0.25) is 10.0 Å². The molecule has 1 aliphatic carbocycles. The topological polar surface area (TPSA) is 55.8 Å². The van der Waals surface area contributed by atoms with Crippen LogP contribution in [0.15, 0.2) is 6.07 Å². The summed E-state index contributed by atoms with van der Waals surface area (Å²) in [6, 6.07) is 1.75. The molecule has 0 fully saturated rings. The molecule has 0 radical (unpaired) electrons. The minimum Gasteiger partial charge on any atom is -0.480 e. The zero-order valence-corrected chi connectivity index (χ0v) is 14.6. The SMILES string of the molecule is COC(=O)COc1cc2c(c(Cl)c1Cl)C(O)C(C)(C(C)C)C2. The van der Waals surface area contributed by atoms with Gasteiger partial charge in [-0.2, -0.15) is 0 Å². The molecule has 0 saturated heterocycles. The first-order valence-corrected chi connectivity index (χ1v) is 7.86. The fourth-order valence-corrected chi connectivity index (χ4v) is 3.29. The van der Waals surface area contributed by atoms with Crippen molar-refractivity contribution in [3.8, 4) is 5.75 Å². The van der Waals surface area contributed by atoms with Gasteiger partial charge in [0.15, 0.2) is 6.61 Å². The van der Waals surface area contributed by atoms with Gasteiger partial charge in [0.1, 0.15) is 10.8 Å². The van der Waals surface area contributed by atoms with E-state index in [0.29, 0.717) is 17.7 Å². The number of aliphatic hydroxyl groups excluding tert-OH is 1. The summed E-state index contributed by atoms with van der Waals surface area (Å²) < 4.78 is 9.92. The van der Waals surface area contributed by atoms with E-state index in [9.17, 15) is 9.90 Å². The van der Waals surface area contributed by atoms with Crippen LogP contribution >= 0.6 is 23.2 Å². The van der Waals surface area contributed by atoms with Crippen molar-refractivity contribution in [1.29, 1.82) is 0 Å². The van der Waals surface area contributed by atoms with Crippen LogP contribution in [0.25, 0.3) is 0 Å². The highest BCUT2D eigenvalue weighted by Crippen LogP contribution is 2.54. The maximum atomic E-state index is 11.2. The molecule has 0 aromatic heterocycles. The van der Waals surface area contributed by atoms with E-state index in [0.717, 1.165) is 5.56 Å². The minimum absolute atomic E-state index is 0.205. The van der Waals surface area contributed by atoms with Crippen molar-refractivity contribution in [2.75, 3.05) is 13.7 Å². The molecule has 1 N–H and O–H groups in total. The molecule has 122 valence electrons. The van der Waals surface area contributed by atoms with Gasteiger partial charge in [-0.3, -0.25) is 0 Å². The van der Waals surface area contributed by atoms with Crippen molar-refractivity contribution >= 4 is 29.2 Å². The number of esters is 1. The molecular formula is C16H20Cl2O4. The number of fused-ring (bicyclic) bond motifs is 1. The van der Waals surface area contributed by atoms with Crippen LogP contribution in [0.3, 0.4) is 0 Å². The summed E-state index contributed by atoms with van der Waals surface area (Å²) in [7, 11) is 1.29. The molecule has 6 heteroatoms. The lowest BCUT2D eigenvalue weighted by atomic mass is 9.75. The zero-order chi connectivity index (χ0) is 16.7. The second kappa shape index (κ2) is 6.26. The molecule has 2 unspecified atom stereocenters. The maximum absolute atomic E-state index is 11.2. The van der Waals surface area contributed by atoms with Crippen LogP contribution < -0.4 is 4.74 Å². The third-order valence-corrected chi connectivity index (χ3v) is 5.52. The molecule has 4 nitrogen and oxygen atoms in total. The van der Waals surface area contributed by atoms with Crippen LogP contribution in [-0.4, -0.2) is 24.8 Å². The summed E-state index contributed by atoms with van der Waals surface area (Å²) in [5, 5.41) is 11.2. The smallest absolute Gasteiger partial charge is 0.343 e. The predicted octanol–water partition coefficient (Wildman–Crippen LogP) is 3.80. The number of benzene rings is 1. The largest absolute Gasteiger partial charge is 0.480 e. The summed E-state index contributed by atoms with van der Waals surface area (Å²) in [6.45, 7) is 5.93. The first kappa shape index (κ1) is 17.4. The van der Waals surface area contributed by atoms with Crippen LogP contribution in [0.5, 0.6) is 5.75 Å². The lowest BCUT2D eigenvalue weighted by Gasteiger charge is -2.32. The Labute approximate surface area is 140 Å². The van der Waals surface area contributed by atoms with Gasteiger partial charge < -0.3 is 14.6 Å². The summed E-state index contributed by atoms with van der Waals surface area (Å²) in [4.78, 5) is 11.2. The van der Waals surface area contributed by atoms with Gasteiger partial charge in [0, 0.05) is 11.0 Å². The Morgan fingerprint density at radius 2 is 2.09 bits per heavy atom. The molecule has 1 aromatic rings. The average Bonchev–Trinajstić information content (AvgIpc) is 2.73. The third-order valence-electron chi connectivity index (χ3n) is 4.66. The molecule has 2 rings (SSSR count). The van der Waals surface area contributed by atoms with E-state index in [2.05, 4.69) is 18.6 Å². The quantitative estimate of drug-likeness (QED) is 0.842. The number of hydrogen-bond acceptors (Lipinski definition) is 4. The minimum atomic E-state index is -0.679. The standard InChI is InChI=1S/C16H20Cl2O4/c1-8(2)16(3)6-9-5-10(22-7-11(19)21-4)13(17)14(18)12(9)15(16)20/h5,8,15,20H,6-7H2,1-4H3. The van der Waals surface area contributed by atoms with Crippen LogP contribution in [0, 0.1) is 11.3 Å². The highest BCUT2D eigenvalue weighted by atomic mass is 35.5. The number of methoxy groups -OCH3 is 1. The van der Waals surface area contributed by atoms with Gasteiger partial charge in [-0.15, -0.1) is 0 Å². The van der Waals surface area contributed by atoms with Gasteiger partial charge in [-0.25, -0.2) is 4.79 Å². The molecule has 2 atom stereocenters. The molecule has 0 heterocycles. The monoisotopic (exact) mass is 346 g/mol. The van der Waals surface area contributed by atoms with Crippen molar-refractivity contribution in [3.63, 3.8) is 0 Å². The molecule has 0 aliphatic heterocycles.